The van der Waals surface area contributed by atoms with Gasteiger partial charge in [-0.3, -0.25) is 4.79 Å². The molecule has 0 heterocycles. The molecule has 0 aromatic heterocycles. The first kappa shape index (κ1) is 15.7. The van der Waals surface area contributed by atoms with Gasteiger partial charge in [0.15, 0.2) is 0 Å². The minimum Gasteiger partial charge on any atom is -0.481 e. The molecule has 0 fully saturated rings. The summed E-state index contributed by atoms with van der Waals surface area (Å²) in [4.78, 5) is 19.5. The molecule has 0 rings (SSSR count). The third kappa shape index (κ3) is 22.5. The topological polar surface area (TPSA) is 63.6 Å². The molecule has 0 spiro atoms. The standard InChI is InChI=1S/C6H12O2.C3H5ClO2/c1-2-3-4-5-6(7)8;1-2-6-3(4)5/h2-5H2,1H3,(H,7,8);2H2,1H3. The maximum atomic E-state index is 9.87. The second kappa shape index (κ2) is 12.2. The van der Waals surface area contributed by atoms with E-state index in [1.165, 1.54) is 0 Å². The molecular formula is C9H17ClO4. The maximum Gasteiger partial charge on any atom is 0.403 e. The summed E-state index contributed by atoms with van der Waals surface area (Å²) in [6, 6.07) is 0. The molecule has 0 aliphatic carbocycles. The molecule has 0 aliphatic heterocycles. The summed E-state index contributed by atoms with van der Waals surface area (Å²) in [5.74, 6) is -0.682. The van der Waals surface area contributed by atoms with Gasteiger partial charge in [-0.15, -0.1) is 0 Å². The molecule has 14 heavy (non-hydrogen) atoms. The van der Waals surface area contributed by atoms with Crippen LogP contribution in [0.5, 0.6) is 0 Å². The number of carbonyl (C=O) groups excluding carboxylic acids is 1. The van der Waals surface area contributed by atoms with Crippen molar-refractivity contribution in [1.82, 2.24) is 0 Å². The van der Waals surface area contributed by atoms with Crippen LogP contribution in [0.1, 0.15) is 39.5 Å². The van der Waals surface area contributed by atoms with E-state index in [2.05, 4.69) is 11.7 Å². The molecule has 0 radical (unpaired) electrons. The van der Waals surface area contributed by atoms with Gasteiger partial charge in [0.1, 0.15) is 0 Å². The highest BCUT2D eigenvalue weighted by atomic mass is 35.5. The Labute approximate surface area is 89.2 Å². The van der Waals surface area contributed by atoms with E-state index in [4.69, 9.17) is 16.7 Å². The molecule has 0 aromatic carbocycles. The Morgan fingerprint density at radius 2 is 1.86 bits per heavy atom. The lowest BCUT2D eigenvalue weighted by atomic mass is 10.2. The summed E-state index contributed by atoms with van der Waals surface area (Å²) in [6.07, 6.45) is 3.28. The van der Waals surface area contributed by atoms with Crippen molar-refractivity contribution in [2.75, 3.05) is 6.61 Å². The van der Waals surface area contributed by atoms with Gasteiger partial charge >= 0.3 is 11.4 Å². The first-order valence-corrected chi connectivity index (χ1v) is 4.96. The number of halogens is 1. The van der Waals surface area contributed by atoms with E-state index < -0.39 is 11.4 Å². The van der Waals surface area contributed by atoms with Gasteiger partial charge in [-0.05, 0) is 13.3 Å². The van der Waals surface area contributed by atoms with Crippen LogP contribution in [0, 0.1) is 0 Å². The van der Waals surface area contributed by atoms with Crippen LogP contribution in [0.4, 0.5) is 4.79 Å². The molecule has 0 unspecified atom stereocenters. The van der Waals surface area contributed by atoms with Crippen molar-refractivity contribution in [2.24, 2.45) is 0 Å². The minimum absolute atomic E-state index is 0.327. The Kier molecular flexibility index (Phi) is 13.7. The van der Waals surface area contributed by atoms with Crippen LogP contribution in [-0.4, -0.2) is 23.1 Å². The fraction of sp³-hybridized carbons (Fsp3) is 0.778. The van der Waals surface area contributed by atoms with Gasteiger partial charge in [0.25, 0.3) is 0 Å². The summed E-state index contributed by atoms with van der Waals surface area (Å²) in [6.45, 7) is 4.10. The molecule has 0 amide bonds. The van der Waals surface area contributed by atoms with E-state index in [-0.39, 0.29) is 0 Å². The summed E-state index contributed by atoms with van der Waals surface area (Å²) in [5, 5.41) is 8.14. The normalized spacial score (nSPS) is 8.50. The summed E-state index contributed by atoms with van der Waals surface area (Å²) in [7, 11) is 0. The van der Waals surface area contributed by atoms with E-state index in [0.29, 0.717) is 13.0 Å². The summed E-state index contributed by atoms with van der Waals surface area (Å²) in [5.41, 5.74) is -0.738. The molecule has 0 saturated carbocycles. The number of aliphatic carboxylic acids is 1. The zero-order valence-electron chi connectivity index (χ0n) is 8.59. The van der Waals surface area contributed by atoms with E-state index in [1.54, 1.807) is 6.92 Å². The van der Waals surface area contributed by atoms with Gasteiger partial charge < -0.3 is 9.84 Å². The fourth-order valence-corrected chi connectivity index (χ4v) is 0.749. The van der Waals surface area contributed by atoms with Crippen LogP contribution < -0.4 is 0 Å². The number of rotatable bonds is 5. The second-order valence-corrected chi connectivity index (χ2v) is 2.83. The van der Waals surface area contributed by atoms with Crippen LogP contribution in [0.25, 0.3) is 0 Å². The Morgan fingerprint density at radius 3 is 2.07 bits per heavy atom. The SMILES string of the molecule is CCCCCC(=O)O.CCOC(=O)Cl. The van der Waals surface area contributed by atoms with Gasteiger partial charge in [-0.25, -0.2) is 4.79 Å². The van der Waals surface area contributed by atoms with Crippen LogP contribution in [0.15, 0.2) is 0 Å². The van der Waals surface area contributed by atoms with Crippen molar-refractivity contribution < 1.29 is 19.4 Å². The molecule has 5 heteroatoms. The minimum atomic E-state index is -0.738. The largest absolute Gasteiger partial charge is 0.481 e. The summed E-state index contributed by atoms with van der Waals surface area (Å²) < 4.78 is 4.17. The quantitative estimate of drug-likeness (QED) is 0.576. The Morgan fingerprint density at radius 1 is 1.29 bits per heavy atom. The van der Waals surface area contributed by atoms with Gasteiger partial charge in [0.2, 0.25) is 0 Å². The van der Waals surface area contributed by atoms with E-state index in [0.717, 1.165) is 19.3 Å². The van der Waals surface area contributed by atoms with Gasteiger partial charge in [-0.1, -0.05) is 19.8 Å². The predicted octanol–water partition coefficient (Wildman–Crippen LogP) is 3.03. The zero-order valence-corrected chi connectivity index (χ0v) is 9.34. The molecule has 0 saturated heterocycles. The smallest absolute Gasteiger partial charge is 0.403 e. The van der Waals surface area contributed by atoms with Crippen molar-refractivity contribution >= 4 is 23.0 Å². The molecule has 1 N–H and O–H groups in total. The third-order valence-corrected chi connectivity index (χ3v) is 1.36. The average molecular weight is 225 g/mol. The molecule has 0 bridgehead atoms. The Balaban J connectivity index is 0. The molecular weight excluding hydrogens is 208 g/mol. The maximum absolute atomic E-state index is 9.87. The van der Waals surface area contributed by atoms with Crippen LogP contribution in [0.2, 0.25) is 0 Å². The average Bonchev–Trinajstić information content (AvgIpc) is 2.05. The van der Waals surface area contributed by atoms with Crippen molar-refractivity contribution in [3.05, 3.63) is 0 Å². The highest BCUT2D eigenvalue weighted by Crippen LogP contribution is 1.97. The number of ether oxygens (including phenoxy) is 1. The number of hydrogen-bond donors (Lipinski definition) is 1. The lowest BCUT2D eigenvalue weighted by Crippen LogP contribution is -1.92. The zero-order chi connectivity index (χ0) is 11.4. The second-order valence-electron chi connectivity index (χ2n) is 2.52. The van der Waals surface area contributed by atoms with Crippen LogP contribution >= 0.6 is 11.6 Å². The molecule has 0 aliphatic rings. The van der Waals surface area contributed by atoms with Crippen molar-refractivity contribution in [3.8, 4) is 0 Å². The highest BCUT2D eigenvalue weighted by molar-refractivity contribution is 6.61. The van der Waals surface area contributed by atoms with E-state index in [1.807, 2.05) is 0 Å². The molecule has 84 valence electrons. The van der Waals surface area contributed by atoms with Crippen LogP contribution in [0.3, 0.4) is 0 Å². The number of hydrogen-bond acceptors (Lipinski definition) is 3. The van der Waals surface area contributed by atoms with Crippen molar-refractivity contribution in [1.29, 1.82) is 0 Å². The lowest BCUT2D eigenvalue weighted by Gasteiger charge is -1.89. The highest BCUT2D eigenvalue weighted by Gasteiger charge is 1.92. The summed E-state index contributed by atoms with van der Waals surface area (Å²) >= 11 is 4.72. The Bertz CT molecular complexity index is 159. The first-order valence-electron chi connectivity index (χ1n) is 4.58. The molecule has 4 nitrogen and oxygen atoms in total. The third-order valence-electron chi connectivity index (χ3n) is 1.25. The fourth-order valence-electron chi connectivity index (χ4n) is 0.640. The van der Waals surface area contributed by atoms with Gasteiger partial charge in [0, 0.05) is 18.0 Å². The first-order chi connectivity index (χ1) is 6.54. The number of carboxylic acids is 1. The van der Waals surface area contributed by atoms with Crippen molar-refractivity contribution in [3.63, 3.8) is 0 Å². The van der Waals surface area contributed by atoms with E-state index >= 15 is 0 Å². The monoisotopic (exact) mass is 224 g/mol. The number of unbranched alkanes of at least 4 members (excludes halogenated alkanes) is 2. The van der Waals surface area contributed by atoms with Crippen LogP contribution in [-0.2, 0) is 9.53 Å². The van der Waals surface area contributed by atoms with Crippen molar-refractivity contribution in [2.45, 2.75) is 39.5 Å². The predicted molar refractivity (Wildman–Crippen MR) is 54.7 cm³/mol. The molecule has 0 atom stereocenters. The lowest BCUT2D eigenvalue weighted by molar-refractivity contribution is -0.137. The van der Waals surface area contributed by atoms with Gasteiger partial charge in [0.05, 0.1) is 6.61 Å². The molecule has 0 aromatic rings. The van der Waals surface area contributed by atoms with E-state index in [9.17, 15) is 9.59 Å². The Hall–Kier alpha value is -0.770. The number of carbonyl (C=O) groups is 2. The number of carboxylic acid groups (broad SMARTS) is 1. The van der Waals surface area contributed by atoms with Gasteiger partial charge in [-0.2, -0.15) is 0 Å².